The lowest BCUT2D eigenvalue weighted by Gasteiger charge is -2.38. The van der Waals surface area contributed by atoms with Crippen molar-refractivity contribution in [3.05, 3.63) is 46.6 Å². The predicted octanol–water partition coefficient (Wildman–Crippen LogP) is 0.151. The van der Waals surface area contributed by atoms with Gasteiger partial charge in [-0.15, -0.1) is 0 Å². The number of aliphatic carboxylic acids is 1. The summed E-state index contributed by atoms with van der Waals surface area (Å²) >= 11 is 0. The van der Waals surface area contributed by atoms with Gasteiger partial charge in [0, 0.05) is 17.7 Å². The van der Waals surface area contributed by atoms with Gasteiger partial charge in [0.25, 0.3) is 0 Å². The van der Waals surface area contributed by atoms with Crippen LogP contribution in [-0.4, -0.2) is 74.4 Å². The molecule has 0 aliphatic carbocycles. The lowest BCUT2D eigenvalue weighted by atomic mass is 9.99. The van der Waals surface area contributed by atoms with Crippen LogP contribution in [0.4, 0.5) is 0 Å². The number of methoxy groups -OCH3 is 1. The number of aromatic hydroxyl groups is 2. The Bertz CT molecular complexity index is 1280. The second kappa shape index (κ2) is 8.83. The Balaban J connectivity index is 1.88. The Hall–Kier alpha value is -3.84. The molecule has 0 bridgehead atoms. The third-order valence-electron chi connectivity index (χ3n) is 5.32. The van der Waals surface area contributed by atoms with Gasteiger partial charge >= 0.3 is 5.97 Å². The van der Waals surface area contributed by atoms with Crippen LogP contribution >= 0.6 is 0 Å². The first-order valence-corrected chi connectivity index (χ1v) is 9.88. The van der Waals surface area contributed by atoms with E-state index in [0.717, 1.165) is 12.1 Å². The molecule has 0 unspecified atom stereocenters. The number of aliphatic hydroxyl groups excluding tert-OH is 3. The number of carbonyl (C=O) groups is 1. The van der Waals surface area contributed by atoms with Crippen molar-refractivity contribution in [2.75, 3.05) is 7.11 Å². The zero-order valence-corrected chi connectivity index (χ0v) is 17.5. The SMILES string of the molecule is COc1ccc(-c2oc3cc(O)cc(O)c3c(=O)c2O[C@H]2O[C@H](C(=O)O)[C@H](O)[C@@H](O)[C@@H]2O)cc1. The first-order chi connectivity index (χ1) is 16.1. The smallest absolute Gasteiger partial charge is 0.335 e. The molecule has 0 amide bonds. The van der Waals surface area contributed by atoms with Gasteiger partial charge in [-0.2, -0.15) is 0 Å². The number of benzene rings is 2. The zero-order chi connectivity index (χ0) is 24.7. The number of hydrogen-bond donors (Lipinski definition) is 6. The molecule has 12 heteroatoms. The normalized spacial score (nSPS) is 24.6. The second-order valence-corrected chi connectivity index (χ2v) is 7.51. The van der Waals surface area contributed by atoms with Crippen molar-refractivity contribution in [2.24, 2.45) is 0 Å². The van der Waals surface area contributed by atoms with E-state index in [0.29, 0.717) is 5.75 Å². The van der Waals surface area contributed by atoms with E-state index in [1.807, 2.05) is 0 Å². The second-order valence-electron chi connectivity index (χ2n) is 7.51. The Kier molecular flexibility index (Phi) is 6.06. The van der Waals surface area contributed by atoms with Gasteiger partial charge < -0.3 is 49.3 Å². The van der Waals surface area contributed by atoms with Crippen LogP contribution in [0.1, 0.15) is 0 Å². The number of rotatable bonds is 5. The highest BCUT2D eigenvalue weighted by Gasteiger charge is 2.48. The summed E-state index contributed by atoms with van der Waals surface area (Å²) in [6.45, 7) is 0. The van der Waals surface area contributed by atoms with Crippen LogP contribution in [-0.2, 0) is 9.53 Å². The van der Waals surface area contributed by atoms with Gasteiger partial charge in [0.2, 0.25) is 17.5 Å². The molecule has 0 saturated carbocycles. The van der Waals surface area contributed by atoms with E-state index in [2.05, 4.69) is 0 Å². The maximum Gasteiger partial charge on any atom is 0.335 e. The molecule has 2 heterocycles. The number of fused-ring (bicyclic) bond motifs is 1. The summed E-state index contributed by atoms with van der Waals surface area (Å²) in [6.07, 6.45) is -9.75. The molecule has 12 nitrogen and oxygen atoms in total. The predicted molar refractivity (Wildman–Crippen MR) is 113 cm³/mol. The third kappa shape index (κ3) is 3.99. The molecule has 1 aliphatic rings. The van der Waals surface area contributed by atoms with Crippen molar-refractivity contribution in [3.63, 3.8) is 0 Å². The van der Waals surface area contributed by atoms with E-state index in [1.165, 1.54) is 19.2 Å². The molecular weight excluding hydrogens is 456 g/mol. The highest BCUT2D eigenvalue weighted by atomic mass is 16.7. The molecule has 1 fully saturated rings. The largest absolute Gasteiger partial charge is 0.508 e. The average molecular weight is 476 g/mol. The Labute approximate surface area is 190 Å². The van der Waals surface area contributed by atoms with Gasteiger partial charge in [-0.3, -0.25) is 4.79 Å². The van der Waals surface area contributed by atoms with Crippen LogP contribution < -0.4 is 14.9 Å². The topological polar surface area (TPSA) is 196 Å². The molecule has 1 aromatic heterocycles. The molecule has 180 valence electrons. The van der Waals surface area contributed by atoms with Gasteiger partial charge in [0.15, 0.2) is 11.9 Å². The van der Waals surface area contributed by atoms with Crippen molar-refractivity contribution in [3.8, 4) is 34.3 Å². The minimum atomic E-state index is -1.97. The molecule has 5 atom stereocenters. The fourth-order valence-corrected chi connectivity index (χ4v) is 3.57. The molecule has 4 rings (SSSR count). The maximum absolute atomic E-state index is 13.3. The zero-order valence-electron chi connectivity index (χ0n) is 17.5. The van der Waals surface area contributed by atoms with E-state index < -0.39 is 53.6 Å². The number of phenolic OH excluding ortho intramolecular Hbond substituents is 2. The van der Waals surface area contributed by atoms with Gasteiger partial charge in [0.1, 0.15) is 46.5 Å². The molecule has 6 N–H and O–H groups in total. The van der Waals surface area contributed by atoms with E-state index in [-0.39, 0.29) is 28.0 Å². The number of ether oxygens (including phenoxy) is 3. The van der Waals surface area contributed by atoms with Crippen molar-refractivity contribution < 1.29 is 54.1 Å². The summed E-state index contributed by atoms with van der Waals surface area (Å²) in [5.74, 6) is -2.96. The van der Waals surface area contributed by atoms with Gasteiger partial charge in [-0.1, -0.05) is 0 Å². The highest BCUT2D eigenvalue weighted by Crippen LogP contribution is 2.37. The fraction of sp³-hybridized carbons (Fsp3) is 0.273. The highest BCUT2D eigenvalue weighted by molar-refractivity contribution is 5.88. The van der Waals surface area contributed by atoms with E-state index >= 15 is 0 Å². The number of phenols is 2. The quantitative estimate of drug-likeness (QED) is 0.292. The third-order valence-corrected chi connectivity index (χ3v) is 5.32. The number of hydrogen-bond acceptors (Lipinski definition) is 11. The molecule has 1 aliphatic heterocycles. The molecule has 1 saturated heterocycles. The van der Waals surface area contributed by atoms with Crippen molar-refractivity contribution in [1.29, 1.82) is 0 Å². The van der Waals surface area contributed by atoms with Crippen LogP contribution in [0.2, 0.25) is 0 Å². The molecule has 0 spiro atoms. The summed E-state index contributed by atoms with van der Waals surface area (Å²) in [4.78, 5) is 24.7. The maximum atomic E-state index is 13.3. The van der Waals surface area contributed by atoms with Gasteiger partial charge in [0.05, 0.1) is 7.11 Å². The van der Waals surface area contributed by atoms with Gasteiger partial charge in [-0.25, -0.2) is 4.79 Å². The first kappa shape index (κ1) is 23.3. The van der Waals surface area contributed by atoms with Crippen LogP contribution in [0, 0.1) is 0 Å². The summed E-state index contributed by atoms with van der Waals surface area (Å²) in [5, 5.41) is 59.2. The summed E-state index contributed by atoms with van der Waals surface area (Å²) in [5.41, 5.74) is -0.851. The number of carboxylic acid groups (broad SMARTS) is 1. The molecular formula is C22H20O12. The molecule has 34 heavy (non-hydrogen) atoms. The van der Waals surface area contributed by atoms with Crippen LogP contribution in [0.5, 0.6) is 23.0 Å². The Morgan fingerprint density at radius 2 is 1.68 bits per heavy atom. The average Bonchev–Trinajstić information content (AvgIpc) is 2.80. The first-order valence-electron chi connectivity index (χ1n) is 9.88. The van der Waals surface area contributed by atoms with Crippen LogP contribution in [0.25, 0.3) is 22.3 Å². The van der Waals surface area contributed by atoms with Gasteiger partial charge in [-0.05, 0) is 24.3 Å². The lowest BCUT2D eigenvalue weighted by molar-refractivity contribution is -0.271. The van der Waals surface area contributed by atoms with E-state index in [4.69, 9.17) is 18.6 Å². The molecule has 2 aromatic carbocycles. The van der Waals surface area contributed by atoms with Crippen molar-refractivity contribution in [2.45, 2.75) is 30.7 Å². The lowest BCUT2D eigenvalue weighted by Crippen LogP contribution is -2.61. The summed E-state index contributed by atoms with van der Waals surface area (Å²) < 4.78 is 21.5. The minimum Gasteiger partial charge on any atom is -0.508 e. The standard InChI is InChI=1S/C22H20O12/c1-31-10-4-2-8(3-5-10)18-19(14(25)13-11(24)6-9(23)7-12(13)32-18)33-22-17(28)15(26)16(27)20(34-22)21(29)30/h2-7,15-17,20,22-24,26-28H,1H3,(H,29,30)/t15-,16-,17+,20+,22+/m1/s1. The molecule has 3 aromatic rings. The van der Waals surface area contributed by atoms with Crippen molar-refractivity contribution in [1.82, 2.24) is 0 Å². The fourth-order valence-electron chi connectivity index (χ4n) is 3.57. The van der Waals surface area contributed by atoms with Crippen molar-refractivity contribution >= 4 is 16.9 Å². The molecule has 0 radical (unpaired) electrons. The monoisotopic (exact) mass is 476 g/mol. The number of carboxylic acids is 1. The Morgan fingerprint density at radius 3 is 2.29 bits per heavy atom. The van der Waals surface area contributed by atoms with Crippen LogP contribution in [0.15, 0.2) is 45.6 Å². The summed E-state index contributed by atoms with van der Waals surface area (Å²) in [7, 11) is 1.45. The summed E-state index contributed by atoms with van der Waals surface area (Å²) in [6, 6.07) is 8.12. The van der Waals surface area contributed by atoms with E-state index in [1.54, 1.807) is 12.1 Å². The number of aliphatic hydroxyl groups is 3. The van der Waals surface area contributed by atoms with E-state index in [9.17, 15) is 40.2 Å². The van der Waals surface area contributed by atoms with Crippen LogP contribution in [0.3, 0.4) is 0 Å². The Morgan fingerprint density at radius 1 is 1.00 bits per heavy atom. The minimum absolute atomic E-state index is 0.190.